The van der Waals surface area contributed by atoms with E-state index in [9.17, 15) is 9.59 Å². The third kappa shape index (κ3) is 3.11. The topological polar surface area (TPSA) is 49.4 Å². The maximum absolute atomic E-state index is 12.6. The molecule has 23 heavy (non-hydrogen) atoms. The minimum absolute atomic E-state index is 0.0890. The van der Waals surface area contributed by atoms with Crippen LogP contribution in [0.4, 0.5) is 11.4 Å². The Morgan fingerprint density at radius 3 is 2.61 bits per heavy atom. The highest BCUT2D eigenvalue weighted by Crippen LogP contribution is 2.32. The highest BCUT2D eigenvalue weighted by Gasteiger charge is 2.31. The van der Waals surface area contributed by atoms with E-state index in [-0.39, 0.29) is 24.3 Å². The average Bonchev–Trinajstić information content (AvgIpc) is 2.85. The first kappa shape index (κ1) is 15.3. The molecule has 0 radical (unpaired) electrons. The summed E-state index contributed by atoms with van der Waals surface area (Å²) in [6.45, 7) is 3.94. The third-order valence-corrected chi connectivity index (χ3v) is 4.21. The van der Waals surface area contributed by atoms with E-state index in [2.05, 4.69) is 5.32 Å². The fourth-order valence-corrected chi connectivity index (χ4v) is 3.08. The van der Waals surface area contributed by atoms with Gasteiger partial charge in [0.15, 0.2) is 0 Å². The summed E-state index contributed by atoms with van der Waals surface area (Å²) in [6.07, 6.45) is 0.689. The lowest BCUT2D eigenvalue weighted by atomic mass is 10.1. The van der Waals surface area contributed by atoms with Crippen molar-refractivity contribution < 1.29 is 9.59 Å². The highest BCUT2D eigenvalue weighted by molar-refractivity contribution is 6.10. The van der Waals surface area contributed by atoms with Gasteiger partial charge in [-0.3, -0.25) is 9.59 Å². The lowest BCUT2D eigenvalue weighted by Gasteiger charge is -2.22. The summed E-state index contributed by atoms with van der Waals surface area (Å²) >= 11 is 0. The fourth-order valence-electron chi connectivity index (χ4n) is 3.08. The van der Waals surface area contributed by atoms with Gasteiger partial charge in [-0.25, -0.2) is 0 Å². The number of amides is 2. The first-order valence-corrected chi connectivity index (χ1v) is 7.81. The Bertz CT molecular complexity index is 755. The van der Waals surface area contributed by atoms with Crippen molar-refractivity contribution in [2.75, 3.05) is 10.2 Å². The van der Waals surface area contributed by atoms with E-state index in [1.165, 1.54) is 0 Å². The molecule has 1 atom stereocenters. The van der Waals surface area contributed by atoms with Crippen molar-refractivity contribution in [2.24, 2.45) is 0 Å². The van der Waals surface area contributed by atoms with E-state index in [0.717, 1.165) is 28.9 Å². The van der Waals surface area contributed by atoms with Gasteiger partial charge in [-0.2, -0.15) is 0 Å². The van der Waals surface area contributed by atoms with E-state index < -0.39 is 0 Å². The molecule has 0 saturated carbocycles. The molecule has 0 spiro atoms. The number of hydrogen-bond acceptors (Lipinski definition) is 2. The molecule has 0 aliphatic carbocycles. The molecular formula is C19H20N2O2. The standard InChI is InChI=1S/C19H20N2O2/c1-13-7-3-5-9-16(13)20-18(22)12-19(23)21-14(2)11-15-8-4-6-10-17(15)21/h3-10,14H,11-12H2,1-2H3,(H,20,22). The monoisotopic (exact) mass is 308 g/mol. The Morgan fingerprint density at radius 2 is 1.83 bits per heavy atom. The van der Waals surface area contributed by atoms with Gasteiger partial charge in [0.25, 0.3) is 0 Å². The summed E-state index contributed by atoms with van der Waals surface area (Å²) in [5, 5.41) is 2.82. The molecule has 1 heterocycles. The van der Waals surface area contributed by atoms with E-state index in [1.54, 1.807) is 4.90 Å². The first-order chi connectivity index (χ1) is 11.1. The van der Waals surface area contributed by atoms with Gasteiger partial charge in [0, 0.05) is 17.4 Å². The Hall–Kier alpha value is -2.62. The molecule has 1 aliphatic rings. The van der Waals surface area contributed by atoms with E-state index in [4.69, 9.17) is 0 Å². The quantitative estimate of drug-likeness (QED) is 0.885. The summed E-state index contributed by atoms with van der Waals surface area (Å²) in [5.41, 5.74) is 3.81. The van der Waals surface area contributed by atoms with Crippen molar-refractivity contribution in [3.8, 4) is 0 Å². The van der Waals surface area contributed by atoms with Gasteiger partial charge in [-0.1, -0.05) is 36.4 Å². The van der Waals surface area contributed by atoms with E-state index >= 15 is 0 Å². The zero-order valence-corrected chi connectivity index (χ0v) is 13.4. The SMILES string of the molecule is Cc1ccccc1NC(=O)CC(=O)N1c2ccccc2CC1C. The molecule has 2 aromatic carbocycles. The van der Waals surface area contributed by atoms with Crippen molar-refractivity contribution in [2.45, 2.75) is 32.7 Å². The van der Waals surface area contributed by atoms with Gasteiger partial charge in [0.1, 0.15) is 6.42 Å². The molecule has 0 aromatic heterocycles. The molecule has 0 bridgehead atoms. The maximum Gasteiger partial charge on any atom is 0.236 e. The van der Waals surface area contributed by atoms with Crippen LogP contribution in [0.25, 0.3) is 0 Å². The van der Waals surface area contributed by atoms with Crippen LogP contribution in [0.5, 0.6) is 0 Å². The lowest BCUT2D eigenvalue weighted by Crippen LogP contribution is -2.37. The highest BCUT2D eigenvalue weighted by atomic mass is 16.2. The van der Waals surface area contributed by atoms with Gasteiger partial charge in [-0.15, -0.1) is 0 Å². The summed E-state index contributed by atoms with van der Waals surface area (Å²) in [4.78, 5) is 26.5. The van der Waals surface area contributed by atoms with Crippen LogP contribution in [0.1, 0.15) is 24.5 Å². The Kier molecular flexibility index (Phi) is 4.15. The number of carbonyl (C=O) groups is 2. The van der Waals surface area contributed by atoms with Crippen molar-refractivity contribution in [1.29, 1.82) is 0 Å². The van der Waals surface area contributed by atoms with Crippen LogP contribution < -0.4 is 10.2 Å². The number of benzene rings is 2. The van der Waals surface area contributed by atoms with E-state index in [0.29, 0.717) is 0 Å². The molecule has 1 aliphatic heterocycles. The average molecular weight is 308 g/mol. The van der Waals surface area contributed by atoms with Crippen LogP contribution in [0, 0.1) is 6.92 Å². The number of rotatable bonds is 3. The Labute approximate surface area is 136 Å². The third-order valence-electron chi connectivity index (χ3n) is 4.21. The zero-order chi connectivity index (χ0) is 16.4. The van der Waals surface area contributed by atoms with Crippen LogP contribution in [-0.4, -0.2) is 17.9 Å². The molecule has 1 N–H and O–H groups in total. The molecule has 4 heteroatoms. The Morgan fingerprint density at radius 1 is 1.13 bits per heavy atom. The predicted molar refractivity (Wildman–Crippen MR) is 91.5 cm³/mol. The van der Waals surface area contributed by atoms with Gasteiger partial charge in [0.05, 0.1) is 0 Å². The summed E-state index contributed by atoms with van der Waals surface area (Å²) in [6, 6.07) is 15.5. The molecule has 0 fully saturated rings. The molecular weight excluding hydrogens is 288 g/mol. The van der Waals surface area contributed by atoms with Crippen LogP contribution in [0.3, 0.4) is 0 Å². The molecule has 3 rings (SSSR count). The van der Waals surface area contributed by atoms with Crippen molar-refractivity contribution >= 4 is 23.2 Å². The van der Waals surface area contributed by atoms with Crippen LogP contribution in [-0.2, 0) is 16.0 Å². The zero-order valence-electron chi connectivity index (χ0n) is 13.4. The van der Waals surface area contributed by atoms with Crippen LogP contribution in [0.15, 0.2) is 48.5 Å². The van der Waals surface area contributed by atoms with Gasteiger partial charge in [-0.05, 0) is 43.5 Å². The number of anilines is 2. The minimum Gasteiger partial charge on any atom is -0.325 e. The fraction of sp³-hybridized carbons (Fsp3) is 0.263. The minimum atomic E-state index is -0.277. The van der Waals surface area contributed by atoms with E-state index in [1.807, 2.05) is 62.4 Å². The van der Waals surface area contributed by atoms with Crippen molar-refractivity contribution in [1.82, 2.24) is 0 Å². The molecule has 2 aromatic rings. The summed E-state index contributed by atoms with van der Waals surface area (Å²) < 4.78 is 0. The number of carbonyl (C=O) groups excluding carboxylic acids is 2. The number of nitrogens with zero attached hydrogens (tertiary/aromatic N) is 1. The number of fused-ring (bicyclic) bond motifs is 1. The second kappa shape index (κ2) is 6.24. The van der Waals surface area contributed by atoms with Crippen LogP contribution in [0.2, 0.25) is 0 Å². The predicted octanol–water partition coefficient (Wildman–Crippen LogP) is 3.30. The van der Waals surface area contributed by atoms with Gasteiger partial charge < -0.3 is 10.2 Å². The molecule has 1 unspecified atom stereocenters. The van der Waals surface area contributed by atoms with Crippen molar-refractivity contribution in [3.63, 3.8) is 0 Å². The van der Waals surface area contributed by atoms with Gasteiger partial charge in [0.2, 0.25) is 11.8 Å². The molecule has 4 nitrogen and oxygen atoms in total. The van der Waals surface area contributed by atoms with Crippen LogP contribution >= 0.6 is 0 Å². The normalized spacial score (nSPS) is 16.1. The Balaban J connectivity index is 1.70. The lowest BCUT2D eigenvalue weighted by molar-refractivity contribution is -0.125. The number of para-hydroxylation sites is 2. The first-order valence-electron chi connectivity index (χ1n) is 7.81. The second-order valence-electron chi connectivity index (χ2n) is 5.99. The maximum atomic E-state index is 12.6. The number of nitrogens with one attached hydrogen (secondary N) is 1. The molecule has 0 saturated heterocycles. The van der Waals surface area contributed by atoms with Crippen molar-refractivity contribution in [3.05, 3.63) is 59.7 Å². The number of aryl methyl sites for hydroxylation is 1. The second-order valence-corrected chi connectivity index (χ2v) is 5.99. The smallest absolute Gasteiger partial charge is 0.236 e. The largest absolute Gasteiger partial charge is 0.325 e. The number of hydrogen-bond donors (Lipinski definition) is 1. The summed E-state index contributed by atoms with van der Waals surface area (Å²) in [5.74, 6) is -0.436. The van der Waals surface area contributed by atoms with Gasteiger partial charge >= 0.3 is 0 Å². The summed E-state index contributed by atoms with van der Waals surface area (Å²) in [7, 11) is 0. The molecule has 118 valence electrons. The molecule has 2 amide bonds.